The van der Waals surface area contributed by atoms with Crippen molar-refractivity contribution in [1.82, 2.24) is 24.7 Å². The van der Waals surface area contributed by atoms with E-state index in [9.17, 15) is 8.42 Å². The standard InChI is InChI=1S/C26H30ClN7O2S/c1-15(2)18-6-7-22(34-12-17(16(34)3)14-37(5,35)36)20-11-29-24(10-19(18)20)30-23-8-9-28-26(31-23)21-13-33(4)32-25(21)27/h6-11,13,15-17H,12,14H2,1-5H3,(H,28,29,30,31)/t16-,17-/m1/s1/i4D3. The lowest BCUT2D eigenvalue weighted by Gasteiger charge is -2.48. The summed E-state index contributed by atoms with van der Waals surface area (Å²) in [5, 5.41) is 9.12. The number of pyridine rings is 1. The van der Waals surface area contributed by atoms with Crippen LogP contribution in [0.3, 0.4) is 0 Å². The van der Waals surface area contributed by atoms with Crippen LogP contribution in [0.5, 0.6) is 0 Å². The zero-order chi connectivity index (χ0) is 29.0. The van der Waals surface area contributed by atoms with Gasteiger partial charge in [0.2, 0.25) is 0 Å². The van der Waals surface area contributed by atoms with Gasteiger partial charge in [-0.3, -0.25) is 4.68 Å². The highest BCUT2D eigenvalue weighted by Gasteiger charge is 2.38. The fourth-order valence-electron chi connectivity index (χ4n) is 4.85. The molecule has 1 aliphatic heterocycles. The third-order valence-electron chi connectivity index (χ3n) is 6.79. The second-order valence-corrected chi connectivity index (χ2v) is 12.4. The smallest absolute Gasteiger partial charge is 0.166 e. The number of nitrogens with zero attached hydrogens (tertiary/aromatic N) is 6. The van der Waals surface area contributed by atoms with Gasteiger partial charge < -0.3 is 10.2 Å². The van der Waals surface area contributed by atoms with E-state index >= 15 is 0 Å². The molecule has 1 N–H and O–H groups in total. The van der Waals surface area contributed by atoms with Gasteiger partial charge in [0.05, 0.1) is 11.3 Å². The molecule has 11 heteroatoms. The summed E-state index contributed by atoms with van der Waals surface area (Å²) in [6, 6.07) is 7.98. The first-order valence-corrected chi connectivity index (χ1v) is 14.4. The van der Waals surface area contributed by atoms with Crippen molar-refractivity contribution in [2.24, 2.45) is 12.9 Å². The predicted octanol–water partition coefficient (Wildman–Crippen LogP) is 4.82. The summed E-state index contributed by atoms with van der Waals surface area (Å²) in [6.45, 7) is 4.54. The summed E-state index contributed by atoms with van der Waals surface area (Å²) in [5.41, 5.74) is 2.50. The third kappa shape index (κ3) is 5.13. The Kier molecular flexibility index (Phi) is 5.64. The molecule has 4 aromatic rings. The van der Waals surface area contributed by atoms with E-state index in [-0.39, 0.29) is 34.6 Å². The number of nitrogens with one attached hydrogen (secondary N) is 1. The van der Waals surface area contributed by atoms with Crippen molar-refractivity contribution in [2.45, 2.75) is 32.7 Å². The number of sulfone groups is 1. The van der Waals surface area contributed by atoms with Crippen LogP contribution in [0.15, 0.2) is 42.9 Å². The molecule has 5 rings (SSSR count). The molecule has 2 atom stereocenters. The molecule has 1 fully saturated rings. The number of benzene rings is 1. The highest BCUT2D eigenvalue weighted by Crippen LogP contribution is 2.39. The molecule has 0 spiro atoms. The number of anilines is 3. The topological polar surface area (TPSA) is 106 Å². The molecule has 0 amide bonds. The van der Waals surface area contributed by atoms with Gasteiger partial charge in [-0.25, -0.2) is 23.4 Å². The van der Waals surface area contributed by atoms with Crippen LogP contribution >= 0.6 is 11.6 Å². The predicted molar refractivity (Wildman–Crippen MR) is 148 cm³/mol. The number of aromatic nitrogens is 5. The molecule has 194 valence electrons. The van der Waals surface area contributed by atoms with Crippen molar-refractivity contribution in [1.29, 1.82) is 0 Å². The van der Waals surface area contributed by atoms with Crippen LogP contribution in [0.25, 0.3) is 22.2 Å². The number of hydrogen-bond donors (Lipinski definition) is 1. The minimum atomic E-state index is -3.04. The maximum Gasteiger partial charge on any atom is 0.166 e. The lowest BCUT2D eigenvalue weighted by atomic mass is 9.88. The Morgan fingerprint density at radius 2 is 2.03 bits per heavy atom. The molecule has 1 aliphatic rings. The average molecular weight is 543 g/mol. The van der Waals surface area contributed by atoms with Gasteiger partial charge in [0.15, 0.2) is 11.0 Å². The van der Waals surface area contributed by atoms with Gasteiger partial charge in [-0.1, -0.05) is 31.5 Å². The zero-order valence-corrected chi connectivity index (χ0v) is 22.5. The van der Waals surface area contributed by atoms with E-state index in [0.29, 0.717) is 23.7 Å². The lowest BCUT2D eigenvalue weighted by molar-refractivity contribution is 0.342. The number of aryl methyl sites for hydroxylation is 1. The largest absolute Gasteiger partial charge is 0.368 e. The van der Waals surface area contributed by atoms with Gasteiger partial charge in [0.25, 0.3) is 0 Å². The molecular weight excluding hydrogens is 510 g/mol. The third-order valence-corrected chi connectivity index (χ3v) is 8.10. The molecular formula is C26H30ClN7O2S. The molecule has 4 heterocycles. The van der Waals surface area contributed by atoms with E-state index in [1.165, 1.54) is 12.5 Å². The lowest BCUT2D eigenvalue weighted by Crippen LogP contribution is -2.57. The minimum absolute atomic E-state index is 0.00907. The summed E-state index contributed by atoms with van der Waals surface area (Å²) in [6.07, 6.45) is 5.96. The van der Waals surface area contributed by atoms with Crippen molar-refractivity contribution in [3.63, 3.8) is 0 Å². The van der Waals surface area contributed by atoms with Crippen LogP contribution in [0.4, 0.5) is 17.3 Å². The van der Waals surface area contributed by atoms with Crippen LogP contribution in [0, 0.1) is 5.92 Å². The number of hydrogen-bond acceptors (Lipinski definition) is 8. The summed E-state index contributed by atoms with van der Waals surface area (Å²) in [7, 11) is -3.04. The molecule has 3 aromatic heterocycles. The van der Waals surface area contributed by atoms with Crippen LogP contribution in [0.1, 0.15) is 36.4 Å². The van der Waals surface area contributed by atoms with Gasteiger partial charge in [-0.05, 0) is 42.0 Å². The maximum absolute atomic E-state index is 11.8. The maximum atomic E-state index is 11.8. The summed E-state index contributed by atoms with van der Waals surface area (Å²) >= 11 is 6.19. The first-order chi connectivity index (χ1) is 18.7. The normalized spacial score (nSPS) is 19.4. The van der Waals surface area contributed by atoms with E-state index in [4.69, 9.17) is 15.7 Å². The first kappa shape index (κ1) is 21.8. The Bertz CT molecular complexity index is 1690. The van der Waals surface area contributed by atoms with Crippen molar-refractivity contribution in [3.8, 4) is 11.4 Å². The molecule has 0 saturated carbocycles. The van der Waals surface area contributed by atoms with Crippen LogP contribution < -0.4 is 10.2 Å². The highest BCUT2D eigenvalue weighted by molar-refractivity contribution is 7.90. The SMILES string of the molecule is [2H]C([2H])([2H])n1cc(-c2nccc(Nc3cc4c(C(C)C)ccc(N5C[C@H](CS(C)(=O)=O)[C@H]5C)c4cn3)n2)c(Cl)n1. The number of fused-ring (bicyclic) bond motifs is 1. The molecule has 0 bridgehead atoms. The van der Waals surface area contributed by atoms with Crippen molar-refractivity contribution in [2.75, 3.05) is 28.8 Å². The Hall–Kier alpha value is -3.24. The van der Waals surface area contributed by atoms with Crippen molar-refractivity contribution < 1.29 is 12.5 Å². The van der Waals surface area contributed by atoms with Gasteiger partial charge in [0, 0.05) is 65.5 Å². The fraction of sp³-hybridized carbons (Fsp3) is 0.385. The number of halogens is 1. The van der Waals surface area contributed by atoms with Crippen LogP contribution in [-0.2, 0) is 16.8 Å². The zero-order valence-electron chi connectivity index (χ0n) is 24.0. The van der Waals surface area contributed by atoms with E-state index in [1.54, 1.807) is 12.3 Å². The van der Waals surface area contributed by atoms with Gasteiger partial charge in [0.1, 0.15) is 21.5 Å². The van der Waals surface area contributed by atoms with E-state index in [0.717, 1.165) is 26.7 Å². The van der Waals surface area contributed by atoms with Crippen LogP contribution in [0.2, 0.25) is 5.15 Å². The summed E-state index contributed by atoms with van der Waals surface area (Å²) in [5.74, 6) is 1.80. The summed E-state index contributed by atoms with van der Waals surface area (Å²) < 4.78 is 47.1. The Balaban J connectivity index is 1.46. The highest BCUT2D eigenvalue weighted by atomic mass is 35.5. The molecule has 9 nitrogen and oxygen atoms in total. The van der Waals surface area contributed by atoms with Crippen molar-refractivity contribution >= 4 is 49.5 Å². The monoisotopic (exact) mass is 542 g/mol. The second-order valence-electron chi connectivity index (χ2n) is 9.86. The minimum Gasteiger partial charge on any atom is -0.368 e. The average Bonchev–Trinajstić information content (AvgIpc) is 3.27. The molecule has 0 radical (unpaired) electrons. The summed E-state index contributed by atoms with van der Waals surface area (Å²) in [4.78, 5) is 15.6. The van der Waals surface area contributed by atoms with Gasteiger partial charge in [-0.15, -0.1) is 0 Å². The van der Waals surface area contributed by atoms with Crippen molar-refractivity contribution in [3.05, 3.63) is 53.6 Å². The van der Waals surface area contributed by atoms with Gasteiger partial charge >= 0.3 is 0 Å². The Labute approximate surface area is 226 Å². The Morgan fingerprint density at radius 3 is 2.70 bits per heavy atom. The quantitative estimate of drug-likeness (QED) is 0.354. The molecule has 0 unspecified atom stereocenters. The first-order valence-electron chi connectivity index (χ1n) is 13.4. The molecule has 1 saturated heterocycles. The molecule has 1 aromatic carbocycles. The van der Waals surface area contributed by atoms with E-state index in [1.807, 2.05) is 12.3 Å². The number of rotatable bonds is 7. The fourth-order valence-corrected chi connectivity index (χ4v) is 6.22. The van der Waals surface area contributed by atoms with Crippen LogP contribution in [-0.4, -0.2) is 57.7 Å². The second kappa shape index (κ2) is 9.57. The Morgan fingerprint density at radius 1 is 1.22 bits per heavy atom. The molecule has 37 heavy (non-hydrogen) atoms. The molecule has 0 aliphatic carbocycles. The van der Waals surface area contributed by atoms with E-state index < -0.39 is 16.8 Å². The van der Waals surface area contributed by atoms with E-state index in [2.05, 4.69) is 63.2 Å². The van der Waals surface area contributed by atoms with Gasteiger partial charge in [-0.2, -0.15) is 5.10 Å².